The van der Waals surface area contributed by atoms with Gasteiger partial charge in [-0.1, -0.05) is 42.3 Å². The SMILES string of the molecule is CC1=CC(C)CC(C(O)Cc2ccc(C)cc2Cl)C1. The van der Waals surface area contributed by atoms with E-state index in [0.29, 0.717) is 18.3 Å². The van der Waals surface area contributed by atoms with Crippen molar-refractivity contribution in [2.75, 3.05) is 0 Å². The van der Waals surface area contributed by atoms with E-state index in [1.807, 2.05) is 19.1 Å². The molecule has 104 valence electrons. The summed E-state index contributed by atoms with van der Waals surface area (Å²) in [6, 6.07) is 6.07. The minimum absolute atomic E-state index is 0.300. The van der Waals surface area contributed by atoms with Crippen LogP contribution in [0.5, 0.6) is 0 Å². The average molecular weight is 279 g/mol. The third-order valence-electron chi connectivity index (χ3n) is 4.01. The number of halogens is 1. The van der Waals surface area contributed by atoms with Crippen LogP contribution in [0.15, 0.2) is 29.8 Å². The zero-order chi connectivity index (χ0) is 14.0. The van der Waals surface area contributed by atoms with Gasteiger partial charge in [0.05, 0.1) is 6.10 Å². The van der Waals surface area contributed by atoms with Gasteiger partial charge in [0.1, 0.15) is 0 Å². The molecule has 1 aliphatic carbocycles. The molecule has 1 nitrogen and oxygen atoms in total. The first-order chi connectivity index (χ1) is 8.95. The number of hydrogen-bond acceptors (Lipinski definition) is 1. The number of aliphatic hydroxyl groups is 1. The second-order valence-electron chi connectivity index (χ2n) is 6.06. The molecule has 2 heteroatoms. The second-order valence-corrected chi connectivity index (χ2v) is 6.46. The summed E-state index contributed by atoms with van der Waals surface area (Å²) in [4.78, 5) is 0. The first kappa shape index (κ1) is 14.6. The van der Waals surface area contributed by atoms with E-state index >= 15 is 0 Å². The monoisotopic (exact) mass is 278 g/mol. The smallest absolute Gasteiger partial charge is 0.0612 e. The van der Waals surface area contributed by atoms with Gasteiger partial charge in [0.25, 0.3) is 0 Å². The van der Waals surface area contributed by atoms with Crippen molar-refractivity contribution >= 4 is 11.6 Å². The normalized spacial score (nSPS) is 25.0. The molecule has 0 saturated heterocycles. The van der Waals surface area contributed by atoms with E-state index in [1.165, 1.54) is 5.57 Å². The Morgan fingerprint density at radius 1 is 1.37 bits per heavy atom. The molecule has 0 aliphatic heterocycles. The van der Waals surface area contributed by atoms with Gasteiger partial charge in [0.2, 0.25) is 0 Å². The van der Waals surface area contributed by atoms with Crippen molar-refractivity contribution in [2.45, 2.75) is 46.1 Å². The molecule has 0 spiro atoms. The zero-order valence-corrected chi connectivity index (χ0v) is 12.7. The average Bonchev–Trinajstić information content (AvgIpc) is 2.31. The van der Waals surface area contributed by atoms with Crippen molar-refractivity contribution < 1.29 is 5.11 Å². The lowest BCUT2D eigenvalue weighted by Crippen LogP contribution is -2.27. The van der Waals surface area contributed by atoms with Gasteiger partial charge in [-0.2, -0.15) is 0 Å². The summed E-state index contributed by atoms with van der Waals surface area (Å²) >= 11 is 6.25. The van der Waals surface area contributed by atoms with Gasteiger partial charge in [0, 0.05) is 11.4 Å². The van der Waals surface area contributed by atoms with Crippen molar-refractivity contribution in [3.05, 3.63) is 46.0 Å². The van der Waals surface area contributed by atoms with Crippen LogP contribution in [0.2, 0.25) is 5.02 Å². The van der Waals surface area contributed by atoms with Crippen LogP contribution >= 0.6 is 11.6 Å². The van der Waals surface area contributed by atoms with Crippen LogP contribution in [0, 0.1) is 18.8 Å². The predicted molar refractivity (Wildman–Crippen MR) is 81.5 cm³/mol. The van der Waals surface area contributed by atoms with E-state index in [-0.39, 0.29) is 6.10 Å². The Bertz CT molecular complexity index is 478. The molecule has 1 aromatic carbocycles. The summed E-state index contributed by atoms with van der Waals surface area (Å²) in [6.45, 7) is 6.42. The van der Waals surface area contributed by atoms with Crippen molar-refractivity contribution in [3.63, 3.8) is 0 Å². The maximum Gasteiger partial charge on any atom is 0.0612 e. The molecular weight excluding hydrogens is 256 g/mol. The van der Waals surface area contributed by atoms with Gasteiger partial charge in [-0.3, -0.25) is 0 Å². The first-order valence-corrected chi connectivity index (χ1v) is 7.44. The second kappa shape index (κ2) is 6.11. The summed E-state index contributed by atoms with van der Waals surface area (Å²) in [7, 11) is 0. The highest BCUT2D eigenvalue weighted by Crippen LogP contribution is 2.32. The van der Waals surface area contributed by atoms with Gasteiger partial charge in [0.15, 0.2) is 0 Å². The Balaban J connectivity index is 2.05. The third kappa shape index (κ3) is 3.84. The number of rotatable bonds is 3. The van der Waals surface area contributed by atoms with E-state index in [9.17, 15) is 5.11 Å². The van der Waals surface area contributed by atoms with E-state index in [2.05, 4.69) is 26.0 Å². The molecule has 3 atom stereocenters. The van der Waals surface area contributed by atoms with Crippen LogP contribution in [-0.4, -0.2) is 11.2 Å². The van der Waals surface area contributed by atoms with E-state index in [0.717, 1.165) is 29.0 Å². The van der Waals surface area contributed by atoms with E-state index < -0.39 is 0 Å². The highest BCUT2D eigenvalue weighted by molar-refractivity contribution is 6.31. The fourth-order valence-corrected chi connectivity index (χ4v) is 3.41. The van der Waals surface area contributed by atoms with Crippen LogP contribution in [-0.2, 0) is 6.42 Å². The van der Waals surface area contributed by atoms with Crippen LogP contribution in [0.4, 0.5) is 0 Å². The predicted octanol–water partition coefficient (Wildman–Crippen LogP) is 4.54. The summed E-state index contributed by atoms with van der Waals surface area (Å²) in [6.07, 6.45) is 4.76. The minimum atomic E-state index is -0.300. The number of aryl methyl sites for hydroxylation is 1. The summed E-state index contributed by atoms with van der Waals surface area (Å²) in [5.41, 5.74) is 3.62. The van der Waals surface area contributed by atoms with E-state index in [4.69, 9.17) is 11.6 Å². The van der Waals surface area contributed by atoms with Gasteiger partial charge in [-0.25, -0.2) is 0 Å². The van der Waals surface area contributed by atoms with Crippen LogP contribution in [0.3, 0.4) is 0 Å². The fraction of sp³-hybridized carbons (Fsp3) is 0.529. The van der Waals surface area contributed by atoms with Crippen LogP contribution < -0.4 is 0 Å². The van der Waals surface area contributed by atoms with Gasteiger partial charge >= 0.3 is 0 Å². The third-order valence-corrected chi connectivity index (χ3v) is 4.36. The molecule has 0 heterocycles. The minimum Gasteiger partial charge on any atom is -0.392 e. The molecule has 1 aromatic rings. The quantitative estimate of drug-likeness (QED) is 0.805. The molecular formula is C17H23ClO. The van der Waals surface area contributed by atoms with Crippen LogP contribution in [0.25, 0.3) is 0 Å². The topological polar surface area (TPSA) is 20.2 Å². The Kier molecular flexibility index (Phi) is 4.70. The summed E-state index contributed by atoms with van der Waals surface area (Å²) < 4.78 is 0. The molecule has 2 rings (SSSR count). The Morgan fingerprint density at radius 3 is 2.74 bits per heavy atom. The fourth-order valence-electron chi connectivity index (χ4n) is 3.10. The number of benzene rings is 1. The van der Waals surface area contributed by atoms with Crippen LogP contribution in [0.1, 0.15) is 37.8 Å². The molecule has 0 fully saturated rings. The van der Waals surface area contributed by atoms with Gasteiger partial charge in [-0.05, 0) is 55.7 Å². The van der Waals surface area contributed by atoms with Crippen molar-refractivity contribution in [1.82, 2.24) is 0 Å². The maximum atomic E-state index is 10.5. The molecule has 1 N–H and O–H groups in total. The van der Waals surface area contributed by atoms with E-state index in [1.54, 1.807) is 0 Å². The highest BCUT2D eigenvalue weighted by Gasteiger charge is 2.25. The Hall–Kier alpha value is -0.790. The molecule has 0 bridgehead atoms. The summed E-state index contributed by atoms with van der Waals surface area (Å²) in [5.74, 6) is 0.930. The standard InChI is InChI=1S/C17H23ClO/c1-11-4-5-14(16(18)9-11)10-17(19)15-7-12(2)6-13(3)8-15/h4-6,9,12,15,17,19H,7-8,10H2,1-3H3. The maximum absolute atomic E-state index is 10.5. The van der Waals surface area contributed by atoms with Crippen molar-refractivity contribution in [3.8, 4) is 0 Å². The Morgan fingerprint density at radius 2 is 2.11 bits per heavy atom. The molecule has 0 saturated carbocycles. The first-order valence-electron chi connectivity index (χ1n) is 7.06. The molecule has 0 amide bonds. The Labute approximate surface area is 121 Å². The largest absolute Gasteiger partial charge is 0.392 e. The lowest BCUT2D eigenvalue weighted by molar-refractivity contribution is 0.0932. The zero-order valence-electron chi connectivity index (χ0n) is 12.0. The molecule has 3 unspecified atom stereocenters. The lowest BCUT2D eigenvalue weighted by Gasteiger charge is -2.29. The number of aliphatic hydroxyl groups excluding tert-OH is 1. The van der Waals surface area contributed by atoms with Crippen molar-refractivity contribution in [1.29, 1.82) is 0 Å². The highest BCUT2D eigenvalue weighted by atomic mass is 35.5. The van der Waals surface area contributed by atoms with Gasteiger partial charge < -0.3 is 5.11 Å². The number of allylic oxidation sites excluding steroid dienone is 2. The lowest BCUT2D eigenvalue weighted by atomic mass is 9.79. The molecule has 19 heavy (non-hydrogen) atoms. The summed E-state index contributed by atoms with van der Waals surface area (Å²) in [5, 5.41) is 11.2. The van der Waals surface area contributed by atoms with Gasteiger partial charge in [-0.15, -0.1) is 0 Å². The molecule has 1 aliphatic rings. The molecule has 0 aromatic heterocycles. The molecule has 0 radical (unpaired) electrons. The van der Waals surface area contributed by atoms with Crippen molar-refractivity contribution in [2.24, 2.45) is 11.8 Å². The number of hydrogen-bond donors (Lipinski definition) is 1.